The van der Waals surface area contributed by atoms with Crippen molar-refractivity contribution in [2.24, 2.45) is 28.9 Å². The van der Waals surface area contributed by atoms with Gasteiger partial charge in [-0.2, -0.15) is 5.26 Å². The van der Waals surface area contributed by atoms with Crippen LogP contribution in [0.25, 0.3) is 0 Å². The maximum absolute atomic E-state index is 12.9. The van der Waals surface area contributed by atoms with Gasteiger partial charge in [-0.15, -0.1) is 0 Å². The second-order valence-corrected chi connectivity index (χ2v) is 9.55. The van der Waals surface area contributed by atoms with Gasteiger partial charge in [-0.3, -0.25) is 4.79 Å². The molecule has 4 saturated carbocycles. The van der Waals surface area contributed by atoms with Crippen LogP contribution in [0.4, 0.5) is 10.6 Å². The van der Waals surface area contributed by atoms with Gasteiger partial charge in [-0.25, -0.2) is 9.78 Å². The molecule has 5 aliphatic rings. The molecule has 158 valence electrons. The molecule has 1 aromatic heterocycles. The van der Waals surface area contributed by atoms with Crippen LogP contribution in [0.1, 0.15) is 44.1 Å². The summed E-state index contributed by atoms with van der Waals surface area (Å²) in [7, 11) is 0. The van der Waals surface area contributed by atoms with E-state index in [1.165, 1.54) is 0 Å². The number of primary amides is 1. The zero-order valence-electron chi connectivity index (χ0n) is 16.9. The van der Waals surface area contributed by atoms with E-state index in [0.717, 1.165) is 38.5 Å². The van der Waals surface area contributed by atoms with Crippen LogP contribution < -0.4 is 11.1 Å². The maximum atomic E-state index is 12.9. The van der Waals surface area contributed by atoms with Gasteiger partial charge in [0.2, 0.25) is 5.91 Å². The number of nitrogens with zero attached hydrogens (tertiary/aromatic N) is 3. The molecule has 6 atom stereocenters. The van der Waals surface area contributed by atoms with E-state index in [2.05, 4.69) is 16.4 Å². The van der Waals surface area contributed by atoms with Crippen LogP contribution in [0, 0.1) is 34.5 Å². The molecule has 0 radical (unpaired) electrons. The fourth-order valence-corrected chi connectivity index (χ4v) is 6.51. The molecule has 3 N–H and O–H groups in total. The van der Waals surface area contributed by atoms with Crippen molar-refractivity contribution in [2.45, 2.75) is 50.7 Å². The summed E-state index contributed by atoms with van der Waals surface area (Å²) in [6.07, 6.45) is 6.54. The van der Waals surface area contributed by atoms with Gasteiger partial charge in [-0.1, -0.05) is 0 Å². The molecule has 1 saturated heterocycles. The zero-order valence-corrected chi connectivity index (χ0v) is 16.9. The molecule has 4 bridgehead atoms. The fourth-order valence-electron chi connectivity index (χ4n) is 6.51. The molecule has 30 heavy (non-hydrogen) atoms. The van der Waals surface area contributed by atoms with Crippen molar-refractivity contribution in [3.05, 3.63) is 23.9 Å². The third-order valence-electron chi connectivity index (χ3n) is 7.66. The van der Waals surface area contributed by atoms with Crippen LogP contribution in [0.3, 0.4) is 0 Å². The van der Waals surface area contributed by atoms with Crippen molar-refractivity contribution in [3.63, 3.8) is 0 Å². The van der Waals surface area contributed by atoms with Gasteiger partial charge in [-0.05, 0) is 68.4 Å². The van der Waals surface area contributed by atoms with Crippen LogP contribution in [-0.4, -0.2) is 47.1 Å². The Bertz CT molecular complexity index is 896. The van der Waals surface area contributed by atoms with Crippen LogP contribution in [-0.2, 0) is 9.53 Å². The predicted octanol–water partition coefficient (Wildman–Crippen LogP) is 2.26. The number of aromatic nitrogens is 1. The van der Waals surface area contributed by atoms with Gasteiger partial charge >= 0.3 is 6.09 Å². The maximum Gasteiger partial charge on any atom is 0.410 e. The molecule has 1 aromatic rings. The highest BCUT2D eigenvalue weighted by Gasteiger charge is 2.59. The molecule has 8 heteroatoms. The van der Waals surface area contributed by atoms with E-state index in [1.54, 1.807) is 23.2 Å². The number of carbonyl (C=O) groups is 2. The zero-order chi connectivity index (χ0) is 20.9. The summed E-state index contributed by atoms with van der Waals surface area (Å²) in [5.41, 5.74) is 5.87. The van der Waals surface area contributed by atoms with Gasteiger partial charge in [0, 0.05) is 25.3 Å². The van der Waals surface area contributed by atoms with Gasteiger partial charge < -0.3 is 20.7 Å². The number of hydrogen-bond acceptors (Lipinski definition) is 6. The highest BCUT2D eigenvalue weighted by Crippen LogP contribution is 2.60. The van der Waals surface area contributed by atoms with Gasteiger partial charge in [0.1, 0.15) is 18.0 Å². The Balaban J connectivity index is 1.20. The molecule has 2 heterocycles. The number of nitriles is 1. The molecular formula is C22H27N5O3. The lowest BCUT2D eigenvalue weighted by Gasteiger charge is -2.58. The van der Waals surface area contributed by atoms with E-state index in [9.17, 15) is 14.9 Å². The molecule has 1 aliphatic heterocycles. The van der Waals surface area contributed by atoms with Crippen molar-refractivity contribution in [3.8, 4) is 6.07 Å². The van der Waals surface area contributed by atoms with Crippen molar-refractivity contribution in [1.82, 2.24) is 9.88 Å². The smallest absolute Gasteiger partial charge is 0.410 e. The first-order valence-electron chi connectivity index (χ1n) is 10.8. The minimum absolute atomic E-state index is 0.0381. The van der Waals surface area contributed by atoms with Crippen molar-refractivity contribution in [1.29, 1.82) is 5.26 Å². The number of amides is 2. The van der Waals surface area contributed by atoms with E-state index in [1.807, 2.05) is 0 Å². The molecule has 6 rings (SSSR count). The molecule has 0 aromatic carbocycles. The standard InChI is InChI=1S/C22H27N5O3/c23-11-14-2-1-4-25-19(14)26-17-3-5-27(12-17)21(29)30-18-15-6-13-7-16(18)10-22(8-13,9-15)20(24)28/h1-2,4,13,15-18H,3,5-10,12H2,(H2,24,28)(H,25,26)/t13?,15-,16?,17+,18?,22-/m0/s1. The first-order chi connectivity index (χ1) is 14.5. The summed E-state index contributed by atoms with van der Waals surface area (Å²) in [4.78, 5) is 31.0. The monoisotopic (exact) mass is 409 g/mol. The summed E-state index contributed by atoms with van der Waals surface area (Å²) in [5, 5.41) is 12.5. The first-order valence-corrected chi connectivity index (χ1v) is 10.8. The Labute approximate surface area is 175 Å². The molecular weight excluding hydrogens is 382 g/mol. The predicted molar refractivity (Wildman–Crippen MR) is 108 cm³/mol. The number of nitrogens with two attached hydrogens (primary N) is 1. The molecule has 4 aliphatic carbocycles. The number of ether oxygens (including phenoxy) is 1. The van der Waals surface area contributed by atoms with E-state index in [4.69, 9.17) is 10.5 Å². The van der Waals surface area contributed by atoms with Crippen LogP contribution in [0.2, 0.25) is 0 Å². The summed E-state index contributed by atoms with van der Waals surface area (Å²) in [6.45, 7) is 1.14. The Morgan fingerprint density at radius 2 is 2.07 bits per heavy atom. The highest BCUT2D eigenvalue weighted by molar-refractivity contribution is 5.81. The van der Waals surface area contributed by atoms with Crippen LogP contribution in [0.5, 0.6) is 0 Å². The number of hydrogen-bond donors (Lipinski definition) is 2. The molecule has 5 fully saturated rings. The molecule has 2 amide bonds. The third-order valence-corrected chi connectivity index (χ3v) is 7.66. The second kappa shape index (κ2) is 7.15. The lowest BCUT2D eigenvalue weighted by atomic mass is 9.48. The summed E-state index contributed by atoms with van der Waals surface area (Å²) in [6, 6.07) is 5.63. The van der Waals surface area contributed by atoms with E-state index < -0.39 is 0 Å². The average molecular weight is 409 g/mol. The largest absolute Gasteiger partial charge is 0.446 e. The quantitative estimate of drug-likeness (QED) is 0.787. The normalized spacial score (nSPS) is 36.4. The summed E-state index contributed by atoms with van der Waals surface area (Å²) >= 11 is 0. The summed E-state index contributed by atoms with van der Waals surface area (Å²) < 4.78 is 6.02. The lowest BCUT2D eigenvalue weighted by Crippen LogP contribution is -2.59. The Morgan fingerprint density at radius 1 is 1.30 bits per heavy atom. The van der Waals surface area contributed by atoms with Gasteiger partial charge in [0.25, 0.3) is 0 Å². The van der Waals surface area contributed by atoms with E-state index in [-0.39, 0.29) is 41.4 Å². The fraction of sp³-hybridized carbons (Fsp3) is 0.636. The first kappa shape index (κ1) is 19.2. The highest BCUT2D eigenvalue weighted by atomic mass is 16.6. The SMILES string of the molecule is N#Cc1cccnc1N[C@@H]1CCN(C(=O)OC2C3CC4C[C@H]2C[C@@](C(N)=O)(C4)C3)C1. The second-order valence-electron chi connectivity index (χ2n) is 9.55. The summed E-state index contributed by atoms with van der Waals surface area (Å²) in [5.74, 6) is 1.41. The van der Waals surface area contributed by atoms with Gasteiger partial charge in [0.05, 0.1) is 11.0 Å². The topological polar surface area (TPSA) is 121 Å². The lowest BCUT2D eigenvalue weighted by molar-refractivity contribution is -0.161. The van der Waals surface area contributed by atoms with Crippen LogP contribution in [0.15, 0.2) is 18.3 Å². The van der Waals surface area contributed by atoms with Crippen molar-refractivity contribution < 1.29 is 14.3 Å². The Morgan fingerprint density at radius 3 is 2.77 bits per heavy atom. The van der Waals surface area contributed by atoms with Gasteiger partial charge in [0.15, 0.2) is 0 Å². The average Bonchev–Trinajstić information content (AvgIpc) is 3.19. The number of nitrogens with one attached hydrogen (secondary N) is 1. The Hall–Kier alpha value is -2.82. The van der Waals surface area contributed by atoms with Crippen LogP contribution >= 0.6 is 0 Å². The van der Waals surface area contributed by atoms with Crippen molar-refractivity contribution >= 4 is 17.8 Å². The molecule has 3 unspecified atom stereocenters. The Kier molecular flexibility index (Phi) is 4.57. The number of carbonyl (C=O) groups excluding carboxylic acids is 2. The number of likely N-dealkylation sites (tertiary alicyclic amines) is 1. The minimum atomic E-state index is -0.372. The minimum Gasteiger partial charge on any atom is -0.446 e. The van der Waals surface area contributed by atoms with E-state index in [0.29, 0.717) is 30.4 Å². The van der Waals surface area contributed by atoms with Crippen molar-refractivity contribution in [2.75, 3.05) is 18.4 Å². The molecule has 0 spiro atoms. The number of rotatable bonds is 4. The third kappa shape index (κ3) is 3.17. The van der Waals surface area contributed by atoms with E-state index >= 15 is 0 Å². The number of anilines is 1. The number of pyridine rings is 1. The molecule has 8 nitrogen and oxygen atoms in total.